The van der Waals surface area contributed by atoms with Crippen LogP contribution in [0.25, 0.3) is 0 Å². The van der Waals surface area contributed by atoms with Gasteiger partial charge in [0.1, 0.15) is 5.75 Å². The summed E-state index contributed by atoms with van der Waals surface area (Å²) in [6.45, 7) is 4.15. The van der Waals surface area contributed by atoms with Gasteiger partial charge in [-0.25, -0.2) is 0 Å². The van der Waals surface area contributed by atoms with Gasteiger partial charge in [-0.05, 0) is 38.8 Å². The zero-order valence-corrected chi connectivity index (χ0v) is 13.1. The van der Waals surface area contributed by atoms with Gasteiger partial charge in [-0.15, -0.1) is 0 Å². The van der Waals surface area contributed by atoms with Gasteiger partial charge in [-0.3, -0.25) is 0 Å². The van der Waals surface area contributed by atoms with Crippen molar-refractivity contribution >= 4 is 0 Å². The van der Waals surface area contributed by atoms with Gasteiger partial charge in [-0.2, -0.15) is 0 Å². The van der Waals surface area contributed by atoms with Gasteiger partial charge in [0.25, 0.3) is 0 Å². The Morgan fingerprint density at radius 3 is 2.70 bits per heavy atom. The Balaban J connectivity index is 1.96. The van der Waals surface area contributed by atoms with Gasteiger partial charge in [0.2, 0.25) is 0 Å². The van der Waals surface area contributed by atoms with Crippen molar-refractivity contribution in [3.05, 3.63) is 29.3 Å². The Bertz CT molecular complexity index is 427. The third-order valence-electron chi connectivity index (χ3n) is 4.34. The fraction of sp³-hybridized carbons (Fsp3) is 0.647. The fourth-order valence-electron chi connectivity index (χ4n) is 3.29. The Labute approximate surface area is 123 Å². The number of likely N-dealkylation sites (N-methyl/N-ethyl adjacent to an activating group) is 1. The van der Waals surface area contributed by atoms with Crippen LogP contribution < -0.4 is 10.5 Å². The van der Waals surface area contributed by atoms with Crippen molar-refractivity contribution in [2.24, 2.45) is 11.7 Å². The quantitative estimate of drug-likeness (QED) is 0.867. The number of nitrogens with two attached hydrogens (primary N) is 1. The third-order valence-corrected chi connectivity index (χ3v) is 4.34. The number of hydrogen-bond acceptors (Lipinski definition) is 3. The van der Waals surface area contributed by atoms with E-state index in [0.29, 0.717) is 0 Å². The van der Waals surface area contributed by atoms with E-state index >= 15 is 0 Å². The van der Waals surface area contributed by atoms with Crippen LogP contribution in [0.3, 0.4) is 0 Å². The van der Waals surface area contributed by atoms with Crippen LogP contribution in [0.15, 0.2) is 18.2 Å². The van der Waals surface area contributed by atoms with E-state index in [2.05, 4.69) is 31.0 Å². The number of nitrogens with zero attached hydrogens (tertiary/aromatic N) is 1. The van der Waals surface area contributed by atoms with Gasteiger partial charge >= 0.3 is 0 Å². The van der Waals surface area contributed by atoms with E-state index < -0.39 is 0 Å². The summed E-state index contributed by atoms with van der Waals surface area (Å²) in [5, 5.41) is 0. The SMILES string of the molecule is COc1ccc(C)cc1C(N)CN(C)CC1CCCC1. The van der Waals surface area contributed by atoms with Crippen LogP contribution in [0.1, 0.15) is 42.9 Å². The minimum absolute atomic E-state index is 0.0104. The molecule has 0 spiro atoms. The molecule has 0 amide bonds. The lowest BCUT2D eigenvalue weighted by atomic mass is 10.0. The number of methoxy groups -OCH3 is 1. The number of hydrogen-bond donors (Lipinski definition) is 1. The predicted molar refractivity (Wildman–Crippen MR) is 84.1 cm³/mol. The van der Waals surface area contributed by atoms with E-state index in [1.54, 1.807) is 7.11 Å². The Morgan fingerprint density at radius 2 is 2.05 bits per heavy atom. The summed E-state index contributed by atoms with van der Waals surface area (Å²) in [5.41, 5.74) is 8.74. The standard InChI is InChI=1S/C17H28N2O/c1-13-8-9-17(20-3)15(10-13)16(18)12-19(2)11-14-6-4-5-7-14/h8-10,14,16H,4-7,11-12,18H2,1-3H3. The second kappa shape index (κ2) is 7.09. The van der Waals surface area contributed by atoms with E-state index in [1.165, 1.54) is 37.8 Å². The summed E-state index contributed by atoms with van der Waals surface area (Å²) >= 11 is 0. The smallest absolute Gasteiger partial charge is 0.123 e. The number of benzene rings is 1. The molecule has 0 bridgehead atoms. The lowest BCUT2D eigenvalue weighted by Gasteiger charge is -2.25. The van der Waals surface area contributed by atoms with Crippen LogP contribution in [0.2, 0.25) is 0 Å². The van der Waals surface area contributed by atoms with E-state index in [4.69, 9.17) is 10.5 Å². The molecule has 1 fully saturated rings. The normalized spacial score (nSPS) is 17.6. The summed E-state index contributed by atoms with van der Waals surface area (Å²) in [7, 11) is 3.89. The van der Waals surface area contributed by atoms with Gasteiger partial charge in [0.05, 0.1) is 7.11 Å². The van der Waals surface area contributed by atoms with Crippen LogP contribution in [0.5, 0.6) is 5.75 Å². The molecule has 1 saturated carbocycles. The molecule has 3 nitrogen and oxygen atoms in total. The fourth-order valence-corrected chi connectivity index (χ4v) is 3.29. The first-order valence-electron chi connectivity index (χ1n) is 7.69. The van der Waals surface area contributed by atoms with E-state index in [1.807, 2.05) is 6.07 Å². The van der Waals surface area contributed by atoms with Crippen LogP contribution in [-0.2, 0) is 0 Å². The molecule has 1 aromatic rings. The first kappa shape index (κ1) is 15.3. The molecule has 0 radical (unpaired) electrons. The topological polar surface area (TPSA) is 38.5 Å². The van der Waals surface area contributed by atoms with Crippen molar-refractivity contribution in [3.63, 3.8) is 0 Å². The lowest BCUT2D eigenvalue weighted by molar-refractivity contribution is 0.262. The highest BCUT2D eigenvalue weighted by Crippen LogP contribution is 2.27. The zero-order valence-electron chi connectivity index (χ0n) is 13.1. The first-order chi connectivity index (χ1) is 9.60. The molecule has 1 unspecified atom stereocenters. The molecule has 0 saturated heterocycles. The molecule has 1 aliphatic rings. The van der Waals surface area contributed by atoms with Crippen molar-refractivity contribution in [1.82, 2.24) is 4.90 Å². The molecular weight excluding hydrogens is 248 g/mol. The average molecular weight is 276 g/mol. The molecule has 1 atom stereocenters. The summed E-state index contributed by atoms with van der Waals surface area (Å²) in [6.07, 6.45) is 5.56. The molecular formula is C17H28N2O. The second-order valence-corrected chi connectivity index (χ2v) is 6.22. The largest absolute Gasteiger partial charge is 0.496 e. The predicted octanol–water partition coefficient (Wildman–Crippen LogP) is 3.13. The summed E-state index contributed by atoms with van der Waals surface area (Å²) in [5.74, 6) is 1.77. The van der Waals surface area contributed by atoms with Crippen molar-refractivity contribution < 1.29 is 4.74 Å². The van der Waals surface area contributed by atoms with E-state index in [-0.39, 0.29) is 6.04 Å². The van der Waals surface area contributed by atoms with Gasteiger partial charge in [-0.1, -0.05) is 30.5 Å². The number of aryl methyl sites for hydroxylation is 1. The maximum atomic E-state index is 6.39. The maximum absolute atomic E-state index is 6.39. The van der Waals surface area contributed by atoms with Crippen molar-refractivity contribution in [3.8, 4) is 5.75 Å². The minimum atomic E-state index is 0.0104. The average Bonchev–Trinajstić information content (AvgIpc) is 2.91. The molecule has 3 heteroatoms. The first-order valence-corrected chi connectivity index (χ1v) is 7.69. The van der Waals surface area contributed by atoms with Gasteiger partial charge in [0, 0.05) is 24.7 Å². The molecule has 0 heterocycles. The Kier molecular flexibility index (Phi) is 5.44. The van der Waals surface area contributed by atoms with Crippen LogP contribution in [0.4, 0.5) is 0 Å². The monoisotopic (exact) mass is 276 g/mol. The van der Waals surface area contributed by atoms with Gasteiger partial charge < -0.3 is 15.4 Å². The van der Waals surface area contributed by atoms with Crippen LogP contribution >= 0.6 is 0 Å². The molecule has 1 aliphatic carbocycles. The summed E-state index contributed by atoms with van der Waals surface area (Å²) < 4.78 is 5.44. The molecule has 112 valence electrons. The highest BCUT2D eigenvalue weighted by atomic mass is 16.5. The molecule has 2 rings (SSSR count). The van der Waals surface area contributed by atoms with Crippen molar-refractivity contribution in [2.45, 2.75) is 38.6 Å². The Morgan fingerprint density at radius 1 is 1.35 bits per heavy atom. The highest BCUT2D eigenvalue weighted by molar-refractivity contribution is 5.39. The highest BCUT2D eigenvalue weighted by Gasteiger charge is 2.19. The molecule has 2 N–H and O–H groups in total. The van der Waals surface area contributed by atoms with Gasteiger partial charge in [0.15, 0.2) is 0 Å². The minimum Gasteiger partial charge on any atom is -0.496 e. The third kappa shape index (κ3) is 3.97. The number of rotatable bonds is 6. The zero-order chi connectivity index (χ0) is 14.5. The summed E-state index contributed by atoms with van der Waals surface area (Å²) in [6, 6.07) is 6.24. The number of ether oxygens (including phenoxy) is 1. The molecule has 1 aromatic carbocycles. The molecule has 0 aromatic heterocycles. The summed E-state index contributed by atoms with van der Waals surface area (Å²) in [4.78, 5) is 2.38. The van der Waals surface area contributed by atoms with E-state index in [9.17, 15) is 0 Å². The lowest BCUT2D eigenvalue weighted by Crippen LogP contribution is -2.32. The Hall–Kier alpha value is -1.06. The van der Waals surface area contributed by atoms with E-state index in [0.717, 1.165) is 23.8 Å². The molecule has 20 heavy (non-hydrogen) atoms. The van der Waals surface area contributed by atoms with Crippen LogP contribution in [0, 0.1) is 12.8 Å². The van der Waals surface area contributed by atoms with Crippen molar-refractivity contribution in [2.75, 3.05) is 27.2 Å². The van der Waals surface area contributed by atoms with Crippen LogP contribution in [-0.4, -0.2) is 32.1 Å². The maximum Gasteiger partial charge on any atom is 0.123 e. The molecule has 0 aliphatic heterocycles. The second-order valence-electron chi connectivity index (χ2n) is 6.22. The van der Waals surface area contributed by atoms with Crippen molar-refractivity contribution in [1.29, 1.82) is 0 Å².